The zero-order valence-electron chi connectivity index (χ0n) is 15.0. The van der Waals surface area contributed by atoms with E-state index in [2.05, 4.69) is 20.0 Å². The number of nitrogens with one attached hydrogen (secondary N) is 1. The quantitative estimate of drug-likeness (QED) is 0.194. The summed E-state index contributed by atoms with van der Waals surface area (Å²) in [5.74, 6) is -2.38. The first kappa shape index (κ1) is 23.6. The third-order valence-corrected chi connectivity index (χ3v) is 5.42. The van der Waals surface area contributed by atoms with Gasteiger partial charge in [0.2, 0.25) is 5.71 Å². The maximum absolute atomic E-state index is 12.6. The number of nitrogens with zero attached hydrogens (tertiary/aromatic N) is 2. The van der Waals surface area contributed by atoms with E-state index in [0.29, 0.717) is 0 Å². The molecule has 0 saturated carbocycles. The summed E-state index contributed by atoms with van der Waals surface area (Å²) < 4.78 is 9.79. The number of β-lactam (4-membered cyclic amide) rings is 1. The Morgan fingerprint density at radius 2 is 2.20 bits per heavy atom. The lowest BCUT2D eigenvalue weighted by atomic mass is 10.0. The number of furan rings is 1. The van der Waals surface area contributed by atoms with Crippen molar-refractivity contribution in [2.24, 2.45) is 10.9 Å². The van der Waals surface area contributed by atoms with Gasteiger partial charge in [-0.3, -0.25) is 14.5 Å². The molecule has 14 heteroatoms. The number of ether oxygens (including phenoxy) is 1. The molecule has 2 aliphatic heterocycles. The number of amides is 3. The second-order valence-corrected chi connectivity index (χ2v) is 6.93. The van der Waals surface area contributed by atoms with Crippen LogP contribution in [0.4, 0.5) is 4.79 Å². The lowest BCUT2D eigenvalue weighted by Gasteiger charge is -2.49. The van der Waals surface area contributed by atoms with Crippen LogP contribution in [0.3, 0.4) is 0 Å². The van der Waals surface area contributed by atoms with E-state index in [1.54, 1.807) is 6.07 Å². The van der Waals surface area contributed by atoms with E-state index in [1.807, 2.05) is 0 Å². The highest BCUT2D eigenvalue weighted by molar-refractivity contribution is 8.00. The third-order valence-electron chi connectivity index (χ3n) is 4.08. The van der Waals surface area contributed by atoms with Crippen LogP contribution >= 0.6 is 11.8 Å². The summed E-state index contributed by atoms with van der Waals surface area (Å²) in [6, 6.07) is 2.08. The minimum absolute atomic E-state index is 0. The number of carbonyl (C=O) groups is 4. The van der Waals surface area contributed by atoms with Crippen LogP contribution in [0.5, 0.6) is 0 Å². The molecule has 12 nitrogen and oxygen atoms in total. The van der Waals surface area contributed by atoms with Crippen molar-refractivity contribution in [3.63, 3.8) is 0 Å². The molecule has 2 aliphatic rings. The summed E-state index contributed by atoms with van der Waals surface area (Å²) in [7, 11) is 1.25. The van der Waals surface area contributed by atoms with E-state index in [1.165, 1.54) is 31.2 Å². The molecular weight excluding hydrogens is 433 g/mol. The van der Waals surface area contributed by atoms with Crippen molar-refractivity contribution in [3.05, 3.63) is 35.4 Å². The van der Waals surface area contributed by atoms with E-state index >= 15 is 0 Å². The van der Waals surface area contributed by atoms with Gasteiger partial charge < -0.3 is 30.1 Å². The van der Waals surface area contributed by atoms with Gasteiger partial charge in [0.05, 0.1) is 6.26 Å². The summed E-state index contributed by atoms with van der Waals surface area (Å²) in [4.78, 5) is 53.3. The Bertz CT molecular complexity index is 916. The smallest absolute Gasteiger partial charge is 0.404 e. The monoisotopic (exact) mass is 450 g/mol. The summed E-state index contributed by atoms with van der Waals surface area (Å²) >= 11 is 1.21. The number of hydrogen-bond donors (Lipinski definition) is 3. The summed E-state index contributed by atoms with van der Waals surface area (Å²) in [6.07, 6.45) is 0.290. The number of nitrogens with two attached hydrogens (primary N) is 1. The standard InChI is InChI=1S/C16H16N4O8S.Mg.2H/c1-26-19-9(8-3-2-4-27-8)12(21)18-10-13(22)20-11(15(23)24)7(5-28-16(17)25)6-29-14(10)20;;;/h2-4,10,14H,5-6H2,1H3,(H2,17,25)(H,18,21)(H,23,24);;;/b19-9+;;;/t10-,14-;;;/m1.../s1. The highest BCUT2D eigenvalue weighted by atomic mass is 32.2. The maximum atomic E-state index is 12.6. The summed E-state index contributed by atoms with van der Waals surface area (Å²) in [5.41, 5.74) is 4.68. The largest absolute Gasteiger partial charge is 0.477 e. The van der Waals surface area contributed by atoms with Gasteiger partial charge in [-0.05, 0) is 12.1 Å². The highest BCUT2D eigenvalue weighted by Gasteiger charge is 2.54. The minimum atomic E-state index is -1.35. The van der Waals surface area contributed by atoms with Gasteiger partial charge in [-0.15, -0.1) is 11.8 Å². The van der Waals surface area contributed by atoms with Gasteiger partial charge in [0.15, 0.2) is 5.76 Å². The lowest BCUT2D eigenvalue weighted by molar-refractivity contribution is -0.150. The number of carboxylic acid groups (broad SMARTS) is 1. The molecule has 0 bridgehead atoms. The Morgan fingerprint density at radius 1 is 1.47 bits per heavy atom. The van der Waals surface area contributed by atoms with E-state index in [-0.39, 0.29) is 58.2 Å². The molecule has 1 aromatic rings. The normalized spacial score (nSPS) is 20.5. The Kier molecular flexibility index (Phi) is 7.74. The Labute approximate surface area is 189 Å². The SMILES string of the molecule is CO/N=C(/C(=O)N[C@@H]1C(=O)N2C(C(=O)O)=C(COC(N)=O)CS[C@H]12)c1ccco1.[MgH2]. The average Bonchev–Trinajstić information content (AvgIpc) is 3.21. The fourth-order valence-electron chi connectivity index (χ4n) is 2.87. The van der Waals surface area contributed by atoms with Gasteiger partial charge in [-0.1, -0.05) is 5.16 Å². The molecule has 1 fully saturated rings. The number of aliphatic carboxylic acids is 1. The zero-order valence-corrected chi connectivity index (χ0v) is 15.8. The van der Waals surface area contributed by atoms with Crippen molar-refractivity contribution in [2.45, 2.75) is 11.4 Å². The molecular formula is C16H18MgN4O8S. The van der Waals surface area contributed by atoms with Crippen molar-refractivity contribution in [3.8, 4) is 0 Å². The van der Waals surface area contributed by atoms with Crippen LogP contribution in [0.2, 0.25) is 0 Å². The fourth-order valence-corrected chi connectivity index (χ4v) is 4.19. The summed E-state index contributed by atoms with van der Waals surface area (Å²) in [5, 5.41) is 15.0. The number of thioether (sulfide) groups is 1. The lowest BCUT2D eigenvalue weighted by Crippen LogP contribution is -2.71. The first-order valence-corrected chi connectivity index (χ1v) is 9.18. The Morgan fingerprint density at radius 3 is 2.77 bits per heavy atom. The first-order chi connectivity index (χ1) is 13.8. The van der Waals surface area contributed by atoms with Crippen LogP contribution in [0, 0.1) is 0 Å². The number of rotatable bonds is 7. The molecule has 0 radical (unpaired) electrons. The van der Waals surface area contributed by atoms with Crippen molar-refractivity contribution < 1.29 is 38.3 Å². The van der Waals surface area contributed by atoms with Gasteiger partial charge >= 0.3 is 35.1 Å². The number of oxime groups is 1. The zero-order chi connectivity index (χ0) is 21.1. The molecule has 0 aromatic carbocycles. The molecule has 3 heterocycles. The molecule has 3 amide bonds. The minimum Gasteiger partial charge on any atom is -0.477 e. The van der Waals surface area contributed by atoms with Gasteiger partial charge in [0.25, 0.3) is 11.8 Å². The van der Waals surface area contributed by atoms with Crippen LogP contribution in [-0.4, -0.2) is 93.5 Å². The number of carbonyl (C=O) groups excluding carboxylic acids is 3. The van der Waals surface area contributed by atoms with Crippen LogP contribution in [-0.2, 0) is 24.0 Å². The van der Waals surface area contributed by atoms with Crippen molar-refractivity contribution in [2.75, 3.05) is 19.5 Å². The summed E-state index contributed by atoms with van der Waals surface area (Å²) in [6.45, 7) is -0.347. The number of primary amides is 1. The Hall–Kier alpha value is -2.71. The average molecular weight is 451 g/mol. The Balaban J connectivity index is 0.00000320. The molecule has 0 unspecified atom stereocenters. The van der Waals surface area contributed by atoms with Gasteiger partial charge in [0, 0.05) is 11.3 Å². The molecule has 30 heavy (non-hydrogen) atoms. The second-order valence-electron chi connectivity index (χ2n) is 5.83. The first-order valence-electron chi connectivity index (χ1n) is 8.13. The predicted molar refractivity (Wildman–Crippen MR) is 106 cm³/mol. The molecule has 0 aliphatic carbocycles. The molecule has 3 rings (SSSR count). The van der Waals surface area contributed by atoms with E-state index in [4.69, 9.17) is 10.2 Å². The number of fused-ring (bicyclic) bond motifs is 1. The molecule has 0 spiro atoms. The molecule has 2 atom stereocenters. The van der Waals surface area contributed by atoms with Gasteiger partial charge in [-0.25, -0.2) is 9.59 Å². The van der Waals surface area contributed by atoms with E-state index in [0.717, 1.165) is 4.90 Å². The van der Waals surface area contributed by atoms with Crippen molar-refractivity contribution in [1.82, 2.24) is 10.2 Å². The van der Waals surface area contributed by atoms with Gasteiger partial charge in [0.1, 0.15) is 30.8 Å². The fraction of sp³-hybridized carbons (Fsp3) is 0.312. The number of carboxylic acids is 1. The number of hydrogen-bond acceptors (Lipinski definition) is 9. The third kappa shape index (κ3) is 4.54. The predicted octanol–water partition coefficient (Wildman–Crippen LogP) is -1.45. The van der Waals surface area contributed by atoms with Crippen molar-refractivity contribution in [1.29, 1.82) is 0 Å². The van der Waals surface area contributed by atoms with E-state index < -0.39 is 35.3 Å². The topological polar surface area (TPSA) is 174 Å². The van der Waals surface area contributed by atoms with Crippen molar-refractivity contribution >= 4 is 64.4 Å². The molecule has 158 valence electrons. The van der Waals surface area contributed by atoms with E-state index in [9.17, 15) is 24.3 Å². The van der Waals surface area contributed by atoms with Crippen LogP contribution < -0.4 is 11.1 Å². The maximum Gasteiger partial charge on any atom is 0.404 e. The highest BCUT2D eigenvalue weighted by Crippen LogP contribution is 2.40. The molecule has 4 N–H and O–H groups in total. The molecule has 1 saturated heterocycles. The van der Waals surface area contributed by atoms with Crippen LogP contribution in [0.25, 0.3) is 0 Å². The second kappa shape index (κ2) is 9.86. The van der Waals surface area contributed by atoms with Gasteiger partial charge in [-0.2, -0.15) is 0 Å². The van der Waals surface area contributed by atoms with Crippen LogP contribution in [0.1, 0.15) is 5.76 Å². The van der Waals surface area contributed by atoms with Crippen LogP contribution in [0.15, 0.2) is 39.2 Å². The molecule has 1 aromatic heterocycles.